The van der Waals surface area contributed by atoms with Crippen LogP contribution in [0.1, 0.15) is 30.6 Å². The first kappa shape index (κ1) is 15.0. The van der Waals surface area contributed by atoms with Gasteiger partial charge in [0.05, 0.1) is 12.8 Å². The van der Waals surface area contributed by atoms with Crippen LogP contribution in [0.25, 0.3) is 0 Å². The van der Waals surface area contributed by atoms with E-state index in [1.54, 1.807) is 6.26 Å². The maximum absolute atomic E-state index is 12.5. The molecule has 1 aromatic heterocycles. The van der Waals surface area contributed by atoms with Gasteiger partial charge >= 0.3 is 0 Å². The van der Waals surface area contributed by atoms with Crippen molar-refractivity contribution in [1.82, 2.24) is 4.90 Å². The van der Waals surface area contributed by atoms with Gasteiger partial charge in [-0.1, -0.05) is 30.3 Å². The first-order chi connectivity index (χ1) is 10.8. The zero-order valence-corrected chi connectivity index (χ0v) is 12.9. The lowest BCUT2D eigenvalue weighted by molar-refractivity contribution is -0.124. The van der Waals surface area contributed by atoms with Crippen molar-refractivity contribution in [3.05, 3.63) is 60.1 Å². The summed E-state index contributed by atoms with van der Waals surface area (Å²) >= 11 is 0. The van der Waals surface area contributed by atoms with Gasteiger partial charge in [0, 0.05) is 18.9 Å². The number of furan rings is 1. The Morgan fingerprint density at radius 2 is 2.05 bits per heavy atom. The number of benzene rings is 1. The van der Waals surface area contributed by atoms with E-state index < -0.39 is 0 Å². The van der Waals surface area contributed by atoms with E-state index in [1.165, 1.54) is 5.56 Å². The summed E-state index contributed by atoms with van der Waals surface area (Å²) in [5, 5.41) is 0. The van der Waals surface area contributed by atoms with Crippen LogP contribution in [-0.2, 0) is 17.8 Å². The molecule has 2 aromatic rings. The van der Waals surface area contributed by atoms with Crippen molar-refractivity contribution in [3.63, 3.8) is 0 Å². The maximum atomic E-state index is 12.5. The van der Waals surface area contributed by atoms with Crippen LogP contribution in [0.15, 0.2) is 53.1 Å². The van der Waals surface area contributed by atoms with Crippen molar-refractivity contribution in [3.8, 4) is 0 Å². The van der Waals surface area contributed by atoms with Crippen molar-refractivity contribution in [2.45, 2.75) is 32.2 Å². The van der Waals surface area contributed by atoms with Crippen LogP contribution in [0, 0.1) is 5.92 Å². The largest absolute Gasteiger partial charge is 0.468 e. The molecular weight excluding hydrogens is 274 g/mol. The van der Waals surface area contributed by atoms with Gasteiger partial charge in [0.2, 0.25) is 0 Å². The molecule has 1 saturated heterocycles. The summed E-state index contributed by atoms with van der Waals surface area (Å²) in [7, 11) is 0. The Kier molecular flexibility index (Phi) is 5.07. The molecule has 0 saturated carbocycles. The van der Waals surface area contributed by atoms with E-state index in [4.69, 9.17) is 4.42 Å². The molecule has 22 heavy (non-hydrogen) atoms. The normalized spacial score (nSPS) is 19.2. The topological polar surface area (TPSA) is 33.5 Å². The highest BCUT2D eigenvalue weighted by atomic mass is 16.3. The minimum Gasteiger partial charge on any atom is -0.468 e. The third-order valence-corrected chi connectivity index (χ3v) is 4.42. The highest BCUT2D eigenvalue weighted by molar-refractivity contribution is 5.81. The van der Waals surface area contributed by atoms with Crippen LogP contribution in [0.3, 0.4) is 0 Å². The summed E-state index contributed by atoms with van der Waals surface area (Å²) in [6.45, 7) is 2.74. The quantitative estimate of drug-likeness (QED) is 0.815. The van der Waals surface area contributed by atoms with Crippen molar-refractivity contribution >= 4 is 5.78 Å². The molecule has 0 unspecified atom stereocenters. The van der Waals surface area contributed by atoms with E-state index in [9.17, 15) is 4.79 Å². The second-order valence-corrected chi connectivity index (χ2v) is 6.11. The molecule has 0 amide bonds. The molecule has 1 fully saturated rings. The third-order valence-electron chi connectivity index (χ3n) is 4.42. The Bertz CT molecular complexity index is 577. The fourth-order valence-electron chi connectivity index (χ4n) is 3.20. The number of Topliss-reactive ketones (excluding diaryl/α,β-unsaturated/α-hetero) is 1. The number of aryl methyl sites for hydroxylation is 1. The average molecular weight is 297 g/mol. The van der Waals surface area contributed by atoms with Gasteiger partial charge in [-0.25, -0.2) is 0 Å². The van der Waals surface area contributed by atoms with Gasteiger partial charge in [-0.05, 0) is 43.5 Å². The van der Waals surface area contributed by atoms with E-state index in [0.29, 0.717) is 12.2 Å². The molecule has 1 aromatic carbocycles. The summed E-state index contributed by atoms with van der Waals surface area (Å²) in [5.74, 6) is 1.58. The SMILES string of the molecule is O=C(CCc1ccccc1)[C@H]1CCCN(Cc2ccco2)C1. The Morgan fingerprint density at radius 1 is 1.18 bits per heavy atom. The van der Waals surface area contributed by atoms with E-state index in [-0.39, 0.29) is 5.92 Å². The van der Waals surface area contributed by atoms with Crippen LogP contribution < -0.4 is 0 Å². The zero-order valence-electron chi connectivity index (χ0n) is 12.9. The number of hydrogen-bond acceptors (Lipinski definition) is 3. The van der Waals surface area contributed by atoms with Gasteiger partial charge in [-0.3, -0.25) is 9.69 Å². The Labute approximate surface area is 131 Å². The molecular formula is C19H23NO2. The first-order valence-corrected chi connectivity index (χ1v) is 8.12. The van der Waals surface area contributed by atoms with Crippen molar-refractivity contribution in [2.24, 2.45) is 5.92 Å². The summed E-state index contributed by atoms with van der Waals surface area (Å²) in [5.41, 5.74) is 1.25. The predicted molar refractivity (Wildman–Crippen MR) is 86.5 cm³/mol. The smallest absolute Gasteiger partial charge is 0.137 e. The lowest BCUT2D eigenvalue weighted by Crippen LogP contribution is -2.38. The fraction of sp³-hybridized carbons (Fsp3) is 0.421. The molecule has 0 N–H and O–H groups in total. The van der Waals surface area contributed by atoms with E-state index in [0.717, 1.165) is 44.7 Å². The van der Waals surface area contributed by atoms with E-state index in [2.05, 4.69) is 17.0 Å². The molecule has 1 aliphatic rings. The van der Waals surface area contributed by atoms with Crippen molar-refractivity contribution in [2.75, 3.05) is 13.1 Å². The summed E-state index contributed by atoms with van der Waals surface area (Å²) < 4.78 is 5.41. The van der Waals surface area contributed by atoms with Gasteiger partial charge in [0.25, 0.3) is 0 Å². The standard InChI is InChI=1S/C19H23NO2/c21-19(11-10-16-6-2-1-3-7-16)17-8-4-12-20(14-17)15-18-9-5-13-22-18/h1-3,5-7,9,13,17H,4,8,10-12,14-15H2/t17-/m0/s1. The van der Waals surface area contributed by atoms with E-state index >= 15 is 0 Å². The lowest BCUT2D eigenvalue weighted by Gasteiger charge is -2.31. The van der Waals surface area contributed by atoms with Gasteiger partial charge in [-0.15, -0.1) is 0 Å². The fourth-order valence-corrected chi connectivity index (χ4v) is 3.20. The van der Waals surface area contributed by atoms with Crippen LogP contribution in [0.2, 0.25) is 0 Å². The summed E-state index contributed by atoms with van der Waals surface area (Å²) in [6, 6.07) is 14.2. The highest BCUT2D eigenvalue weighted by Crippen LogP contribution is 2.21. The van der Waals surface area contributed by atoms with Gasteiger partial charge in [-0.2, -0.15) is 0 Å². The Morgan fingerprint density at radius 3 is 2.82 bits per heavy atom. The van der Waals surface area contributed by atoms with Crippen LogP contribution >= 0.6 is 0 Å². The molecule has 3 rings (SSSR count). The first-order valence-electron chi connectivity index (χ1n) is 8.12. The molecule has 0 aliphatic carbocycles. The van der Waals surface area contributed by atoms with Gasteiger partial charge in [0.1, 0.15) is 11.5 Å². The molecule has 1 aliphatic heterocycles. The molecule has 1 atom stereocenters. The molecule has 116 valence electrons. The Balaban J connectivity index is 1.49. The summed E-state index contributed by atoms with van der Waals surface area (Å²) in [4.78, 5) is 14.8. The number of piperidine rings is 1. The lowest BCUT2D eigenvalue weighted by atomic mass is 9.90. The zero-order chi connectivity index (χ0) is 15.2. The van der Waals surface area contributed by atoms with Crippen LogP contribution in [0.4, 0.5) is 0 Å². The van der Waals surface area contributed by atoms with Crippen molar-refractivity contribution in [1.29, 1.82) is 0 Å². The van der Waals surface area contributed by atoms with Crippen LogP contribution in [-0.4, -0.2) is 23.8 Å². The molecule has 0 bridgehead atoms. The van der Waals surface area contributed by atoms with Gasteiger partial charge < -0.3 is 4.42 Å². The van der Waals surface area contributed by atoms with Gasteiger partial charge in [0.15, 0.2) is 0 Å². The number of ketones is 1. The molecule has 2 heterocycles. The number of likely N-dealkylation sites (tertiary alicyclic amines) is 1. The number of carbonyl (C=O) groups excluding carboxylic acids is 1. The minimum atomic E-state index is 0.187. The minimum absolute atomic E-state index is 0.187. The number of carbonyl (C=O) groups is 1. The predicted octanol–water partition coefficient (Wildman–Crippen LogP) is 3.69. The number of nitrogens with zero attached hydrogens (tertiary/aromatic N) is 1. The third kappa shape index (κ3) is 4.08. The molecule has 0 spiro atoms. The molecule has 3 nitrogen and oxygen atoms in total. The Hall–Kier alpha value is -1.87. The van der Waals surface area contributed by atoms with Crippen LogP contribution in [0.5, 0.6) is 0 Å². The summed E-state index contributed by atoms with van der Waals surface area (Å²) in [6.07, 6.45) is 5.35. The van der Waals surface area contributed by atoms with E-state index in [1.807, 2.05) is 30.3 Å². The second-order valence-electron chi connectivity index (χ2n) is 6.11. The number of hydrogen-bond donors (Lipinski definition) is 0. The van der Waals surface area contributed by atoms with Crippen molar-refractivity contribution < 1.29 is 9.21 Å². The second kappa shape index (κ2) is 7.41. The maximum Gasteiger partial charge on any atom is 0.137 e. The monoisotopic (exact) mass is 297 g/mol. The average Bonchev–Trinajstić information content (AvgIpc) is 3.07. The highest BCUT2D eigenvalue weighted by Gasteiger charge is 2.25. The number of rotatable bonds is 6. The molecule has 3 heteroatoms. The molecule has 0 radical (unpaired) electrons.